The Kier molecular flexibility index (Phi) is 6.43. The lowest BCUT2D eigenvalue weighted by Gasteiger charge is -2.47. The van der Waals surface area contributed by atoms with Crippen molar-refractivity contribution in [2.45, 2.75) is 88.3 Å². The van der Waals surface area contributed by atoms with E-state index in [0.29, 0.717) is 12.0 Å². The molecule has 168 valence electrons. The molecule has 1 aliphatic carbocycles. The number of hydrogen-bond donors (Lipinski definition) is 0. The van der Waals surface area contributed by atoms with Crippen LogP contribution in [-0.4, -0.2) is 17.2 Å². The maximum absolute atomic E-state index is 13.0. The number of aromatic nitrogens is 1. The Bertz CT molecular complexity index is 871. The Morgan fingerprint density at radius 1 is 1.00 bits per heavy atom. The summed E-state index contributed by atoms with van der Waals surface area (Å²) in [6.07, 6.45) is 8.52. The second-order valence-corrected chi connectivity index (χ2v) is 9.60. The van der Waals surface area contributed by atoms with Crippen LogP contribution in [-0.2, 0) is 22.7 Å². The van der Waals surface area contributed by atoms with Gasteiger partial charge in [0.15, 0.2) is 0 Å². The number of rotatable bonds is 6. The topological polar surface area (TPSA) is 22.1 Å². The maximum Gasteiger partial charge on any atom is 0.417 e. The van der Waals surface area contributed by atoms with Crippen LogP contribution in [0.2, 0.25) is 0 Å². The lowest BCUT2D eigenvalue weighted by Crippen LogP contribution is -2.46. The molecule has 0 radical (unpaired) electrons. The van der Waals surface area contributed by atoms with Gasteiger partial charge in [-0.05, 0) is 69.1 Å². The summed E-state index contributed by atoms with van der Waals surface area (Å²) in [6, 6.07) is 10.2. The van der Waals surface area contributed by atoms with Crippen LogP contribution in [0.3, 0.4) is 0 Å². The van der Waals surface area contributed by atoms with E-state index in [9.17, 15) is 13.2 Å². The zero-order valence-corrected chi connectivity index (χ0v) is 18.3. The predicted octanol–water partition coefficient (Wildman–Crippen LogP) is 7.18. The number of alkyl halides is 3. The zero-order chi connectivity index (χ0) is 22.0. The fourth-order valence-electron chi connectivity index (χ4n) is 5.64. The minimum atomic E-state index is -4.34. The van der Waals surface area contributed by atoms with Crippen molar-refractivity contribution in [1.29, 1.82) is 0 Å². The molecule has 1 saturated heterocycles. The highest BCUT2D eigenvalue weighted by atomic mass is 19.4. The van der Waals surface area contributed by atoms with Crippen LogP contribution in [0.1, 0.15) is 80.0 Å². The van der Waals surface area contributed by atoms with E-state index in [0.717, 1.165) is 57.7 Å². The van der Waals surface area contributed by atoms with Crippen LogP contribution in [0.15, 0.2) is 42.7 Å². The molecular formula is C26H32F3NO. The summed E-state index contributed by atoms with van der Waals surface area (Å²) in [5.41, 5.74) is 2.79. The molecule has 1 aromatic carbocycles. The largest absolute Gasteiger partial charge is 0.417 e. The summed E-state index contributed by atoms with van der Waals surface area (Å²) in [4.78, 5) is 3.80. The molecule has 2 fully saturated rings. The third-order valence-electron chi connectivity index (χ3n) is 7.32. The SMILES string of the molecule is Cc1ccc([C@]2(CCCCc3cncc(C(F)(F)F)c3)CCOC3(CCCC3)C2)cc1. The van der Waals surface area contributed by atoms with E-state index in [2.05, 4.69) is 36.2 Å². The molecule has 0 bridgehead atoms. The first-order chi connectivity index (χ1) is 14.8. The molecule has 0 N–H and O–H groups in total. The first-order valence-corrected chi connectivity index (χ1v) is 11.5. The van der Waals surface area contributed by atoms with Gasteiger partial charge in [-0.3, -0.25) is 4.98 Å². The van der Waals surface area contributed by atoms with Gasteiger partial charge in [0.05, 0.1) is 11.2 Å². The molecule has 2 heterocycles. The van der Waals surface area contributed by atoms with Gasteiger partial charge in [-0.15, -0.1) is 0 Å². The Balaban J connectivity index is 1.45. The molecule has 31 heavy (non-hydrogen) atoms. The minimum Gasteiger partial charge on any atom is -0.375 e. The molecule has 4 rings (SSSR count). The van der Waals surface area contributed by atoms with Gasteiger partial charge in [0.1, 0.15) is 0 Å². The van der Waals surface area contributed by atoms with Crippen molar-refractivity contribution >= 4 is 0 Å². The monoisotopic (exact) mass is 431 g/mol. The summed E-state index contributed by atoms with van der Waals surface area (Å²) in [5, 5.41) is 0. The maximum atomic E-state index is 13.0. The second kappa shape index (κ2) is 8.93. The average molecular weight is 432 g/mol. The van der Waals surface area contributed by atoms with Gasteiger partial charge in [-0.2, -0.15) is 13.2 Å². The van der Waals surface area contributed by atoms with Crippen molar-refractivity contribution in [3.05, 3.63) is 65.0 Å². The minimum absolute atomic E-state index is 0.0219. The molecule has 2 aliphatic rings. The number of benzene rings is 1. The van der Waals surface area contributed by atoms with E-state index in [1.807, 2.05) is 0 Å². The number of unbranched alkanes of at least 4 members (excludes halogenated alkanes) is 1. The normalized spacial score (nSPS) is 23.4. The summed E-state index contributed by atoms with van der Waals surface area (Å²) < 4.78 is 45.2. The third-order valence-corrected chi connectivity index (χ3v) is 7.32. The molecule has 0 unspecified atom stereocenters. The number of nitrogens with zero attached hydrogens (tertiary/aromatic N) is 1. The molecular weight excluding hydrogens is 399 g/mol. The fraction of sp³-hybridized carbons (Fsp3) is 0.577. The standard InChI is InChI=1S/C26H32F3NO/c1-20-7-9-22(10-8-20)24(14-15-31-25(19-24)12-4-5-13-25)11-3-2-6-21-16-23(18-30-17-21)26(27,28)29/h7-10,16-18H,2-6,11-15,19H2,1H3/t24-/m1/s1. The first kappa shape index (κ1) is 22.3. The number of hydrogen-bond acceptors (Lipinski definition) is 2. The van der Waals surface area contributed by atoms with Crippen LogP contribution in [0.25, 0.3) is 0 Å². The third kappa shape index (κ3) is 5.14. The van der Waals surface area contributed by atoms with Crippen LogP contribution < -0.4 is 0 Å². The summed E-state index contributed by atoms with van der Waals surface area (Å²) in [6.45, 7) is 2.91. The van der Waals surface area contributed by atoms with Crippen LogP contribution in [0.4, 0.5) is 13.2 Å². The van der Waals surface area contributed by atoms with Crippen LogP contribution in [0.5, 0.6) is 0 Å². The Morgan fingerprint density at radius 3 is 2.45 bits per heavy atom. The lowest BCUT2D eigenvalue weighted by atomic mass is 9.65. The number of halogens is 3. The highest BCUT2D eigenvalue weighted by molar-refractivity contribution is 5.30. The molecule has 1 aliphatic heterocycles. The highest BCUT2D eigenvalue weighted by Gasteiger charge is 2.47. The Hall–Kier alpha value is -1.88. The zero-order valence-electron chi connectivity index (χ0n) is 18.3. The second-order valence-electron chi connectivity index (χ2n) is 9.60. The smallest absolute Gasteiger partial charge is 0.375 e. The Labute approximate surface area is 183 Å². The van der Waals surface area contributed by atoms with E-state index in [1.54, 1.807) is 6.20 Å². The van der Waals surface area contributed by atoms with Gasteiger partial charge in [0.25, 0.3) is 0 Å². The average Bonchev–Trinajstić information content (AvgIpc) is 3.18. The van der Waals surface area contributed by atoms with Gasteiger partial charge in [-0.1, -0.05) is 49.1 Å². The predicted molar refractivity (Wildman–Crippen MR) is 116 cm³/mol. The molecule has 1 saturated carbocycles. The molecule has 1 aromatic heterocycles. The van der Waals surface area contributed by atoms with Crippen molar-refractivity contribution < 1.29 is 17.9 Å². The quantitative estimate of drug-likeness (QED) is 0.452. The number of ether oxygens (including phenoxy) is 1. The lowest BCUT2D eigenvalue weighted by molar-refractivity contribution is -0.137. The van der Waals surface area contributed by atoms with E-state index >= 15 is 0 Å². The van der Waals surface area contributed by atoms with Crippen molar-refractivity contribution in [2.75, 3.05) is 6.61 Å². The summed E-state index contributed by atoms with van der Waals surface area (Å²) in [7, 11) is 0. The van der Waals surface area contributed by atoms with Crippen molar-refractivity contribution in [1.82, 2.24) is 4.98 Å². The number of pyridine rings is 1. The van der Waals surface area contributed by atoms with Crippen molar-refractivity contribution in [3.8, 4) is 0 Å². The van der Waals surface area contributed by atoms with Crippen molar-refractivity contribution in [3.63, 3.8) is 0 Å². The molecule has 0 amide bonds. The van der Waals surface area contributed by atoms with Gasteiger partial charge < -0.3 is 4.74 Å². The van der Waals surface area contributed by atoms with E-state index in [4.69, 9.17) is 4.74 Å². The van der Waals surface area contributed by atoms with E-state index < -0.39 is 11.7 Å². The molecule has 2 nitrogen and oxygen atoms in total. The highest BCUT2D eigenvalue weighted by Crippen LogP contribution is 2.50. The molecule has 1 spiro atoms. The molecule has 1 atom stereocenters. The number of aryl methyl sites for hydroxylation is 2. The summed E-state index contributed by atoms with van der Waals surface area (Å²) in [5.74, 6) is 0. The van der Waals surface area contributed by atoms with Gasteiger partial charge in [0.2, 0.25) is 0 Å². The molecule has 2 aromatic rings. The summed E-state index contributed by atoms with van der Waals surface area (Å²) >= 11 is 0. The van der Waals surface area contributed by atoms with E-state index in [-0.39, 0.29) is 11.0 Å². The van der Waals surface area contributed by atoms with Gasteiger partial charge in [0, 0.05) is 24.4 Å². The van der Waals surface area contributed by atoms with Crippen LogP contribution >= 0.6 is 0 Å². The fourth-order valence-corrected chi connectivity index (χ4v) is 5.64. The Morgan fingerprint density at radius 2 is 1.74 bits per heavy atom. The first-order valence-electron chi connectivity index (χ1n) is 11.5. The van der Waals surface area contributed by atoms with Gasteiger partial charge >= 0.3 is 6.18 Å². The molecule has 5 heteroatoms. The van der Waals surface area contributed by atoms with Crippen LogP contribution in [0, 0.1) is 6.92 Å². The van der Waals surface area contributed by atoms with Crippen molar-refractivity contribution in [2.24, 2.45) is 0 Å². The van der Waals surface area contributed by atoms with Gasteiger partial charge in [-0.25, -0.2) is 0 Å². The van der Waals surface area contributed by atoms with E-state index in [1.165, 1.54) is 30.0 Å².